The number of hydrogen-bond donors (Lipinski definition) is 0. The van der Waals surface area contributed by atoms with Gasteiger partial charge in [-0.2, -0.15) is 0 Å². The number of esters is 1. The van der Waals surface area contributed by atoms with Crippen LogP contribution in [-0.2, 0) is 9.53 Å². The molecular weight excluding hydrogens is 188 g/mol. The fraction of sp³-hybridized carbons (Fsp3) is 0.923. The number of unbranched alkanes of at least 4 members (excludes halogenated alkanes) is 3. The number of carbonyl (C=O) groups excluding carboxylic acids is 1. The maximum atomic E-state index is 10.5. The summed E-state index contributed by atoms with van der Waals surface area (Å²) in [5, 5.41) is 0. The molecule has 0 aliphatic carbocycles. The van der Waals surface area contributed by atoms with Gasteiger partial charge < -0.3 is 4.74 Å². The van der Waals surface area contributed by atoms with Gasteiger partial charge in [-0.05, 0) is 18.3 Å². The standard InChI is InChI=1S/C13H26O2/c1-5-13(3,4)10-8-6-7-9-11-15-12(2)14/h5-11H2,1-4H3. The minimum atomic E-state index is -0.165. The summed E-state index contributed by atoms with van der Waals surface area (Å²) in [6.07, 6.45) is 7.28. The van der Waals surface area contributed by atoms with Crippen molar-refractivity contribution >= 4 is 5.97 Å². The van der Waals surface area contributed by atoms with Crippen LogP contribution >= 0.6 is 0 Å². The van der Waals surface area contributed by atoms with Gasteiger partial charge in [-0.25, -0.2) is 0 Å². The quantitative estimate of drug-likeness (QED) is 0.452. The fourth-order valence-electron chi connectivity index (χ4n) is 1.45. The highest BCUT2D eigenvalue weighted by molar-refractivity contribution is 5.65. The van der Waals surface area contributed by atoms with Crippen LogP contribution < -0.4 is 0 Å². The Kier molecular flexibility index (Phi) is 7.45. The van der Waals surface area contributed by atoms with Crippen molar-refractivity contribution in [1.29, 1.82) is 0 Å². The minimum absolute atomic E-state index is 0.165. The Labute approximate surface area is 94.4 Å². The van der Waals surface area contributed by atoms with Crippen molar-refractivity contribution in [3.8, 4) is 0 Å². The van der Waals surface area contributed by atoms with Crippen molar-refractivity contribution < 1.29 is 9.53 Å². The second-order valence-corrected chi connectivity index (χ2v) is 5.02. The lowest BCUT2D eigenvalue weighted by Crippen LogP contribution is -2.08. The molecular formula is C13H26O2. The average Bonchev–Trinajstić information content (AvgIpc) is 2.16. The zero-order chi connectivity index (χ0) is 11.7. The third kappa shape index (κ3) is 9.77. The smallest absolute Gasteiger partial charge is 0.302 e. The molecule has 0 saturated heterocycles. The van der Waals surface area contributed by atoms with Crippen LogP contribution in [0.5, 0.6) is 0 Å². The van der Waals surface area contributed by atoms with Crippen molar-refractivity contribution in [3.05, 3.63) is 0 Å². The highest BCUT2D eigenvalue weighted by atomic mass is 16.5. The first kappa shape index (κ1) is 14.5. The van der Waals surface area contributed by atoms with E-state index in [4.69, 9.17) is 4.74 Å². The molecule has 90 valence electrons. The van der Waals surface area contributed by atoms with Crippen molar-refractivity contribution in [1.82, 2.24) is 0 Å². The summed E-state index contributed by atoms with van der Waals surface area (Å²) < 4.78 is 4.87. The van der Waals surface area contributed by atoms with Gasteiger partial charge in [-0.3, -0.25) is 4.79 Å². The van der Waals surface area contributed by atoms with Crippen molar-refractivity contribution in [2.24, 2.45) is 5.41 Å². The van der Waals surface area contributed by atoms with E-state index >= 15 is 0 Å². The van der Waals surface area contributed by atoms with E-state index < -0.39 is 0 Å². The molecule has 0 unspecified atom stereocenters. The van der Waals surface area contributed by atoms with E-state index in [1.54, 1.807) is 0 Å². The predicted octanol–water partition coefficient (Wildman–Crippen LogP) is 3.94. The number of hydrogen-bond acceptors (Lipinski definition) is 2. The van der Waals surface area contributed by atoms with Crippen LogP contribution in [0.1, 0.15) is 66.2 Å². The Balaban J connectivity index is 3.22. The maximum absolute atomic E-state index is 10.5. The van der Waals surface area contributed by atoms with Crippen LogP contribution in [-0.4, -0.2) is 12.6 Å². The molecule has 0 aliphatic rings. The Morgan fingerprint density at radius 1 is 1.13 bits per heavy atom. The molecule has 0 saturated carbocycles. The zero-order valence-electron chi connectivity index (χ0n) is 10.8. The highest BCUT2D eigenvalue weighted by Crippen LogP contribution is 2.27. The molecule has 0 fully saturated rings. The summed E-state index contributed by atoms with van der Waals surface area (Å²) in [5.74, 6) is -0.165. The SMILES string of the molecule is CCC(C)(C)CCCCCCOC(C)=O. The monoisotopic (exact) mass is 214 g/mol. The third-order valence-electron chi connectivity index (χ3n) is 3.01. The van der Waals surface area contributed by atoms with Crippen molar-refractivity contribution in [2.75, 3.05) is 6.61 Å². The third-order valence-corrected chi connectivity index (χ3v) is 3.01. The van der Waals surface area contributed by atoms with Crippen LogP contribution in [0.25, 0.3) is 0 Å². The van der Waals surface area contributed by atoms with E-state index in [2.05, 4.69) is 20.8 Å². The molecule has 0 atom stereocenters. The summed E-state index contributed by atoms with van der Waals surface area (Å²) in [5.41, 5.74) is 0.496. The molecule has 0 bridgehead atoms. The number of rotatable bonds is 8. The second kappa shape index (κ2) is 7.72. The summed E-state index contributed by atoms with van der Waals surface area (Å²) in [7, 11) is 0. The van der Waals surface area contributed by atoms with Gasteiger partial charge >= 0.3 is 5.97 Å². The number of carbonyl (C=O) groups is 1. The first-order chi connectivity index (χ1) is 6.98. The molecule has 0 heterocycles. The fourth-order valence-corrected chi connectivity index (χ4v) is 1.45. The van der Waals surface area contributed by atoms with Gasteiger partial charge in [-0.1, -0.05) is 46.5 Å². The summed E-state index contributed by atoms with van der Waals surface area (Å²) >= 11 is 0. The lowest BCUT2D eigenvalue weighted by Gasteiger charge is -2.22. The normalized spacial score (nSPS) is 11.5. The zero-order valence-corrected chi connectivity index (χ0v) is 10.8. The topological polar surface area (TPSA) is 26.3 Å². The van der Waals surface area contributed by atoms with Crippen molar-refractivity contribution in [2.45, 2.75) is 66.2 Å². The summed E-state index contributed by atoms with van der Waals surface area (Å²) in [6, 6.07) is 0. The van der Waals surface area contributed by atoms with Gasteiger partial charge in [0.15, 0.2) is 0 Å². The van der Waals surface area contributed by atoms with Crippen LogP contribution in [0.15, 0.2) is 0 Å². The van der Waals surface area contributed by atoms with Gasteiger partial charge in [0.1, 0.15) is 0 Å². The minimum Gasteiger partial charge on any atom is -0.466 e. The molecule has 0 amide bonds. The lowest BCUT2D eigenvalue weighted by atomic mass is 9.84. The maximum Gasteiger partial charge on any atom is 0.302 e. The molecule has 2 heteroatoms. The predicted molar refractivity (Wildman–Crippen MR) is 63.8 cm³/mol. The molecule has 0 radical (unpaired) electrons. The average molecular weight is 214 g/mol. The van der Waals surface area contributed by atoms with Crippen LogP contribution in [0.4, 0.5) is 0 Å². The molecule has 0 aliphatic heterocycles. The van der Waals surface area contributed by atoms with E-state index in [0.29, 0.717) is 12.0 Å². The molecule has 0 aromatic heterocycles. The summed E-state index contributed by atoms with van der Waals surface area (Å²) in [6.45, 7) is 8.95. The van der Waals surface area contributed by atoms with Crippen LogP contribution in [0.3, 0.4) is 0 Å². The van der Waals surface area contributed by atoms with Crippen LogP contribution in [0.2, 0.25) is 0 Å². The molecule has 0 rings (SSSR count). The second-order valence-electron chi connectivity index (χ2n) is 5.02. The Bertz CT molecular complexity index is 173. The molecule has 0 aromatic carbocycles. The van der Waals surface area contributed by atoms with Gasteiger partial charge in [0.25, 0.3) is 0 Å². The molecule has 15 heavy (non-hydrogen) atoms. The van der Waals surface area contributed by atoms with Gasteiger partial charge in [-0.15, -0.1) is 0 Å². The van der Waals surface area contributed by atoms with Crippen LogP contribution in [0, 0.1) is 5.41 Å². The van der Waals surface area contributed by atoms with E-state index in [1.165, 1.54) is 39.0 Å². The Morgan fingerprint density at radius 2 is 1.73 bits per heavy atom. The molecule has 0 spiro atoms. The molecule has 0 aromatic rings. The molecule has 2 nitrogen and oxygen atoms in total. The first-order valence-electron chi connectivity index (χ1n) is 6.11. The van der Waals surface area contributed by atoms with E-state index in [9.17, 15) is 4.79 Å². The van der Waals surface area contributed by atoms with Gasteiger partial charge in [0.2, 0.25) is 0 Å². The Morgan fingerprint density at radius 3 is 2.27 bits per heavy atom. The lowest BCUT2D eigenvalue weighted by molar-refractivity contribution is -0.141. The van der Waals surface area contributed by atoms with E-state index in [1.807, 2.05) is 0 Å². The largest absolute Gasteiger partial charge is 0.466 e. The summed E-state index contributed by atoms with van der Waals surface area (Å²) in [4.78, 5) is 10.5. The molecule has 0 N–H and O–H groups in total. The highest BCUT2D eigenvalue weighted by Gasteiger charge is 2.13. The van der Waals surface area contributed by atoms with E-state index in [0.717, 1.165) is 6.42 Å². The first-order valence-corrected chi connectivity index (χ1v) is 6.11. The Hall–Kier alpha value is -0.530. The van der Waals surface area contributed by atoms with Gasteiger partial charge in [0, 0.05) is 6.92 Å². The number of ether oxygens (including phenoxy) is 1. The van der Waals surface area contributed by atoms with Gasteiger partial charge in [0.05, 0.1) is 6.61 Å². The van der Waals surface area contributed by atoms with Crippen molar-refractivity contribution in [3.63, 3.8) is 0 Å². The van der Waals surface area contributed by atoms with E-state index in [-0.39, 0.29) is 5.97 Å².